The number of benzene rings is 1. The van der Waals surface area contributed by atoms with Crippen molar-refractivity contribution in [1.82, 2.24) is 10.2 Å². The van der Waals surface area contributed by atoms with Crippen LogP contribution in [0.2, 0.25) is 0 Å². The van der Waals surface area contributed by atoms with E-state index in [4.69, 9.17) is 0 Å². The Morgan fingerprint density at radius 3 is 2.70 bits per heavy atom. The fourth-order valence-electron chi connectivity index (χ4n) is 4.38. The van der Waals surface area contributed by atoms with Crippen molar-refractivity contribution < 1.29 is 0 Å². The summed E-state index contributed by atoms with van der Waals surface area (Å²) in [4.78, 5) is 2.77. The number of hydrogen-bond donors (Lipinski definition) is 1. The average molecular weight is 272 g/mol. The van der Waals surface area contributed by atoms with Crippen molar-refractivity contribution in [3.63, 3.8) is 0 Å². The van der Waals surface area contributed by atoms with Crippen LogP contribution >= 0.6 is 0 Å². The van der Waals surface area contributed by atoms with E-state index in [9.17, 15) is 0 Å². The first kappa shape index (κ1) is 14.1. The molecule has 2 nitrogen and oxygen atoms in total. The Morgan fingerprint density at radius 2 is 2.00 bits per heavy atom. The van der Waals surface area contributed by atoms with Crippen molar-refractivity contribution in [2.75, 3.05) is 19.6 Å². The lowest BCUT2D eigenvalue weighted by Gasteiger charge is -2.40. The van der Waals surface area contributed by atoms with E-state index in [2.05, 4.69) is 61.3 Å². The second-order valence-electron chi connectivity index (χ2n) is 7.20. The molecule has 0 saturated carbocycles. The summed E-state index contributed by atoms with van der Waals surface area (Å²) >= 11 is 0. The lowest BCUT2D eigenvalue weighted by molar-refractivity contribution is 0.0927. The summed E-state index contributed by atoms with van der Waals surface area (Å²) in [5.74, 6) is 1.70. The summed E-state index contributed by atoms with van der Waals surface area (Å²) in [5, 5.41) is 3.57. The van der Waals surface area contributed by atoms with Gasteiger partial charge >= 0.3 is 0 Å². The molecule has 2 heterocycles. The molecule has 2 fully saturated rings. The highest BCUT2D eigenvalue weighted by atomic mass is 15.3. The molecular weight excluding hydrogens is 244 g/mol. The van der Waals surface area contributed by atoms with Gasteiger partial charge in [0.2, 0.25) is 0 Å². The molecular formula is C18H28N2. The van der Waals surface area contributed by atoms with Crippen LogP contribution in [0, 0.1) is 11.8 Å². The Labute approximate surface area is 123 Å². The van der Waals surface area contributed by atoms with Gasteiger partial charge in [0.05, 0.1) is 0 Å². The normalized spacial score (nSPS) is 30.4. The first-order chi connectivity index (χ1) is 9.59. The zero-order valence-electron chi connectivity index (χ0n) is 13.1. The van der Waals surface area contributed by atoms with Crippen LogP contribution in [0.5, 0.6) is 0 Å². The fraction of sp³-hybridized carbons (Fsp3) is 0.667. The summed E-state index contributed by atoms with van der Waals surface area (Å²) < 4.78 is 0. The van der Waals surface area contributed by atoms with Crippen LogP contribution in [0.25, 0.3) is 0 Å². The predicted molar refractivity (Wildman–Crippen MR) is 84.9 cm³/mol. The second-order valence-corrected chi connectivity index (χ2v) is 7.20. The molecule has 0 bridgehead atoms. The van der Waals surface area contributed by atoms with E-state index in [1.165, 1.54) is 38.0 Å². The maximum Gasteiger partial charge on any atom is 0.0200 e. The Balaban J connectivity index is 1.61. The highest BCUT2D eigenvalue weighted by Gasteiger charge is 2.50. The molecule has 2 saturated heterocycles. The van der Waals surface area contributed by atoms with E-state index >= 15 is 0 Å². The summed E-state index contributed by atoms with van der Waals surface area (Å²) in [7, 11) is 0. The first-order valence-electron chi connectivity index (χ1n) is 8.10. The van der Waals surface area contributed by atoms with Gasteiger partial charge in [0.25, 0.3) is 0 Å². The third-order valence-corrected chi connectivity index (χ3v) is 5.64. The van der Waals surface area contributed by atoms with Crippen LogP contribution in [0.4, 0.5) is 0 Å². The molecule has 3 atom stereocenters. The minimum atomic E-state index is 0.351. The van der Waals surface area contributed by atoms with E-state index in [0.29, 0.717) is 11.6 Å². The number of nitrogens with zero attached hydrogens (tertiary/aromatic N) is 1. The smallest absolute Gasteiger partial charge is 0.0200 e. The lowest BCUT2D eigenvalue weighted by Crippen LogP contribution is -2.48. The Bertz CT molecular complexity index is 440. The number of likely N-dealkylation sites (tertiary alicyclic amines) is 1. The van der Waals surface area contributed by atoms with Gasteiger partial charge in [0, 0.05) is 24.7 Å². The van der Waals surface area contributed by atoms with Crippen LogP contribution < -0.4 is 5.32 Å². The largest absolute Gasteiger partial charge is 0.316 e. The molecule has 0 amide bonds. The van der Waals surface area contributed by atoms with Crippen molar-refractivity contribution in [2.24, 2.45) is 11.8 Å². The molecule has 20 heavy (non-hydrogen) atoms. The Hall–Kier alpha value is -0.860. The number of nitrogens with one attached hydrogen (secondary N) is 1. The number of fused-ring (bicyclic) bond motifs is 1. The molecule has 0 radical (unpaired) electrons. The molecule has 1 N–H and O–H groups in total. The number of hydrogen-bond acceptors (Lipinski definition) is 2. The van der Waals surface area contributed by atoms with Crippen LogP contribution in [-0.2, 0) is 6.42 Å². The van der Waals surface area contributed by atoms with E-state index < -0.39 is 0 Å². The molecule has 0 spiro atoms. The molecule has 0 aromatic heterocycles. The standard InChI is InChI=1S/C18H28N2/c1-14(9-10-15-7-5-4-6-8-15)20-13-16-11-19-12-17(16)18(20,2)3/h4-8,14,16-17,19H,9-13H2,1-3H3. The molecule has 1 aromatic rings. The maximum absolute atomic E-state index is 3.57. The van der Waals surface area contributed by atoms with Crippen molar-refractivity contribution in [3.8, 4) is 0 Å². The lowest BCUT2D eigenvalue weighted by atomic mass is 9.84. The van der Waals surface area contributed by atoms with Crippen LogP contribution in [0.15, 0.2) is 30.3 Å². The van der Waals surface area contributed by atoms with Gasteiger partial charge in [0.1, 0.15) is 0 Å². The fourth-order valence-corrected chi connectivity index (χ4v) is 4.38. The SMILES string of the molecule is CC(CCc1ccccc1)N1CC2CNCC2C1(C)C. The van der Waals surface area contributed by atoms with Gasteiger partial charge in [0.15, 0.2) is 0 Å². The molecule has 1 aromatic carbocycles. The number of aryl methyl sites for hydroxylation is 1. The minimum Gasteiger partial charge on any atom is -0.316 e. The number of rotatable bonds is 4. The summed E-state index contributed by atoms with van der Waals surface area (Å²) in [6.07, 6.45) is 2.46. The monoisotopic (exact) mass is 272 g/mol. The summed E-state index contributed by atoms with van der Waals surface area (Å²) in [5.41, 5.74) is 1.82. The third-order valence-electron chi connectivity index (χ3n) is 5.64. The van der Waals surface area contributed by atoms with Crippen LogP contribution in [0.1, 0.15) is 32.8 Å². The predicted octanol–water partition coefficient (Wildman–Crippen LogP) is 2.94. The molecule has 2 aliphatic rings. The second kappa shape index (κ2) is 5.50. The Morgan fingerprint density at radius 1 is 1.25 bits per heavy atom. The van der Waals surface area contributed by atoms with E-state index in [-0.39, 0.29) is 0 Å². The van der Waals surface area contributed by atoms with Gasteiger partial charge in [-0.15, -0.1) is 0 Å². The van der Waals surface area contributed by atoms with Gasteiger partial charge in [-0.2, -0.15) is 0 Å². The maximum atomic E-state index is 3.57. The average Bonchev–Trinajstić information content (AvgIpc) is 3.00. The van der Waals surface area contributed by atoms with E-state index in [1.54, 1.807) is 0 Å². The molecule has 110 valence electrons. The quantitative estimate of drug-likeness (QED) is 0.906. The zero-order valence-corrected chi connectivity index (χ0v) is 13.1. The molecule has 3 unspecified atom stereocenters. The minimum absolute atomic E-state index is 0.351. The highest BCUT2D eigenvalue weighted by molar-refractivity contribution is 5.15. The highest BCUT2D eigenvalue weighted by Crippen LogP contribution is 2.42. The van der Waals surface area contributed by atoms with Crippen molar-refractivity contribution in [2.45, 2.75) is 45.2 Å². The van der Waals surface area contributed by atoms with Gasteiger partial charge in [-0.1, -0.05) is 30.3 Å². The van der Waals surface area contributed by atoms with Gasteiger partial charge in [-0.25, -0.2) is 0 Å². The molecule has 2 heteroatoms. The summed E-state index contributed by atoms with van der Waals surface area (Å²) in [6.45, 7) is 11.0. The first-order valence-corrected chi connectivity index (χ1v) is 8.10. The summed E-state index contributed by atoms with van der Waals surface area (Å²) in [6, 6.07) is 11.6. The van der Waals surface area contributed by atoms with Crippen molar-refractivity contribution >= 4 is 0 Å². The third kappa shape index (κ3) is 2.51. The molecule has 3 rings (SSSR count). The van der Waals surface area contributed by atoms with Crippen LogP contribution in [-0.4, -0.2) is 36.1 Å². The van der Waals surface area contributed by atoms with E-state index in [1.807, 2.05) is 0 Å². The Kier molecular flexibility index (Phi) is 3.87. The van der Waals surface area contributed by atoms with E-state index in [0.717, 1.165) is 11.8 Å². The topological polar surface area (TPSA) is 15.3 Å². The van der Waals surface area contributed by atoms with Crippen molar-refractivity contribution in [3.05, 3.63) is 35.9 Å². The van der Waals surface area contributed by atoms with Crippen LogP contribution in [0.3, 0.4) is 0 Å². The van der Waals surface area contributed by atoms with Gasteiger partial charge < -0.3 is 5.32 Å². The molecule has 2 aliphatic heterocycles. The van der Waals surface area contributed by atoms with Gasteiger partial charge in [-0.05, 0) is 57.6 Å². The van der Waals surface area contributed by atoms with Gasteiger partial charge in [-0.3, -0.25) is 4.90 Å². The molecule has 0 aliphatic carbocycles. The zero-order chi connectivity index (χ0) is 14.2. The van der Waals surface area contributed by atoms with Crippen molar-refractivity contribution in [1.29, 1.82) is 0 Å².